The van der Waals surface area contributed by atoms with Crippen molar-refractivity contribution in [2.45, 2.75) is 57.7 Å². The number of halogens is 3. The van der Waals surface area contributed by atoms with Crippen molar-refractivity contribution in [2.75, 3.05) is 0 Å². The first-order chi connectivity index (χ1) is 14.4. The average molecular weight is 435 g/mol. The molecule has 1 aliphatic rings. The molecular formula is C23H25ClF2N2O2. The summed E-state index contributed by atoms with van der Waals surface area (Å²) in [5.74, 6) is -1.86. The van der Waals surface area contributed by atoms with E-state index in [2.05, 4.69) is 5.32 Å². The van der Waals surface area contributed by atoms with Gasteiger partial charge in [0.1, 0.15) is 17.7 Å². The zero-order valence-corrected chi connectivity index (χ0v) is 17.6. The summed E-state index contributed by atoms with van der Waals surface area (Å²) in [5.41, 5.74) is 0.345. The van der Waals surface area contributed by atoms with E-state index in [0.717, 1.165) is 25.7 Å². The van der Waals surface area contributed by atoms with Crippen molar-refractivity contribution >= 4 is 23.4 Å². The van der Waals surface area contributed by atoms with Gasteiger partial charge in [-0.05, 0) is 38.0 Å². The summed E-state index contributed by atoms with van der Waals surface area (Å²) in [6, 6.07) is 9.52. The van der Waals surface area contributed by atoms with Crippen LogP contribution in [0.1, 0.15) is 43.7 Å². The maximum atomic E-state index is 14.2. The Hall–Kier alpha value is -2.47. The van der Waals surface area contributed by atoms with Gasteiger partial charge in [-0.1, -0.05) is 48.7 Å². The van der Waals surface area contributed by atoms with Crippen LogP contribution in [-0.4, -0.2) is 28.8 Å². The maximum absolute atomic E-state index is 14.2. The van der Waals surface area contributed by atoms with Crippen molar-refractivity contribution in [2.24, 2.45) is 0 Å². The Morgan fingerprint density at radius 1 is 1.10 bits per heavy atom. The van der Waals surface area contributed by atoms with Gasteiger partial charge >= 0.3 is 0 Å². The van der Waals surface area contributed by atoms with Gasteiger partial charge in [-0.2, -0.15) is 0 Å². The topological polar surface area (TPSA) is 49.4 Å². The van der Waals surface area contributed by atoms with Crippen molar-refractivity contribution in [3.63, 3.8) is 0 Å². The summed E-state index contributed by atoms with van der Waals surface area (Å²) in [6.45, 7) is 1.50. The van der Waals surface area contributed by atoms with Crippen molar-refractivity contribution in [3.05, 3.63) is 70.2 Å². The summed E-state index contributed by atoms with van der Waals surface area (Å²) >= 11 is 6.07. The summed E-state index contributed by atoms with van der Waals surface area (Å²) in [5, 5.41) is 3.11. The minimum atomic E-state index is -0.844. The Labute approximate surface area is 180 Å². The molecule has 7 heteroatoms. The molecule has 0 aromatic heterocycles. The molecule has 4 nitrogen and oxygen atoms in total. The molecule has 0 bridgehead atoms. The summed E-state index contributed by atoms with van der Waals surface area (Å²) in [7, 11) is 0. The monoisotopic (exact) mass is 434 g/mol. The van der Waals surface area contributed by atoms with Crippen LogP contribution in [0.3, 0.4) is 0 Å². The van der Waals surface area contributed by atoms with E-state index in [-0.39, 0.29) is 41.1 Å². The normalized spacial score (nSPS) is 15.1. The lowest BCUT2D eigenvalue weighted by molar-refractivity contribution is -0.140. The van der Waals surface area contributed by atoms with Gasteiger partial charge in [0.05, 0.1) is 6.42 Å². The largest absolute Gasteiger partial charge is 0.352 e. The second-order valence-electron chi connectivity index (χ2n) is 7.66. The van der Waals surface area contributed by atoms with Crippen LogP contribution in [0.15, 0.2) is 42.5 Å². The second-order valence-corrected chi connectivity index (χ2v) is 8.06. The fourth-order valence-corrected chi connectivity index (χ4v) is 3.97. The molecule has 0 unspecified atom stereocenters. The third kappa shape index (κ3) is 5.36. The first-order valence-electron chi connectivity index (χ1n) is 10.1. The molecule has 1 aliphatic carbocycles. The van der Waals surface area contributed by atoms with Gasteiger partial charge in [-0.3, -0.25) is 9.59 Å². The van der Waals surface area contributed by atoms with E-state index < -0.39 is 23.6 Å². The highest BCUT2D eigenvalue weighted by molar-refractivity contribution is 6.31. The lowest BCUT2D eigenvalue weighted by atomic mass is 10.1. The molecule has 0 spiro atoms. The van der Waals surface area contributed by atoms with E-state index >= 15 is 0 Å². The van der Waals surface area contributed by atoms with Crippen LogP contribution in [0, 0.1) is 11.6 Å². The van der Waals surface area contributed by atoms with Gasteiger partial charge in [0.15, 0.2) is 0 Å². The summed E-state index contributed by atoms with van der Waals surface area (Å²) in [4.78, 5) is 27.2. The zero-order chi connectivity index (χ0) is 21.7. The fourth-order valence-electron chi connectivity index (χ4n) is 3.74. The molecule has 3 rings (SSSR count). The number of carbonyl (C=O) groups excluding carboxylic acids is 2. The molecule has 1 atom stereocenters. The van der Waals surface area contributed by atoms with Crippen molar-refractivity contribution in [1.82, 2.24) is 10.2 Å². The highest BCUT2D eigenvalue weighted by Crippen LogP contribution is 2.22. The Balaban J connectivity index is 1.83. The predicted octanol–water partition coefficient (Wildman–Crippen LogP) is 4.64. The van der Waals surface area contributed by atoms with E-state index in [0.29, 0.717) is 0 Å². The molecule has 0 radical (unpaired) electrons. The van der Waals surface area contributed by atoms with E-state index in [1.807, 2.05) is 0 Å². The van der Waals surface area contributed by atoms with Gasteiger partial charge < -0.3 is 10.2 Å². The van der Waals surface area contributed by atoms with Crippen LogP contribution >= 0.6 is 11.6 Å². The van der Waals surface area contributed by atoms with Gasteiger partial charge in [0, 0.05) is 28.7 Å². The summed E-state index contributed by atoms with van der Waals surface area (Å²) in [6.07, 6.45) is 3.61. The second kappa shape index (κ2) is 10.0. The minimum Gasteiger partial charge on any atom is -0.352 e. The van der Waals surface area contributed by atoms with Crippen LogP contribution in [0.25, 0.3) is 0 Å². The van der Waals surface area contributed by atoms with Crippen molar-refractivity contribution in [1.29, 1.82) is 0 Å². The predicted molar refractivity (Wildman–Crippen MR) is 112 cm³/mol. The maximum Gasteiger partial charge on any atom is 0.242 e. The van der Waals surface area contributed by atoms with Crippen LogP contribution in [0.2, 0.25) is 5.02 Å². The Kier molecular flexibility index (Phi) is 7.43. The molecule has 0 aliphatic heterocycles. The first-order valence-corrected chi connectivity index (χ1v) is 10.5. The molecule has 160 valence electrons. The molecule has 0 saturated heterocycles. The highest BCUT2D eigenvalue weighted by Gasteiger charge is 2.29. The zero-order valence-electron chi connectivity index (χ0n) is 16.8. The number of carbonyl (C=O) groups is 2. The number of nitrogens with zero attached hydrogens (tertiary/aromatic N) is 1. The number of hydrogen-bond donors (Lipinski definition) is 1. The Bertz CT molecular complexity index is 896. The smallest absolute Gasteiger partial charge is 0.242 e. The van der Waals surface area contributed by atoms with E-state index in [9.17, 15) is 18.4 Å². The van der Waals surface area contributed by atoms with E-state index in [1.54, 1.807) is 25.1 Å². The molecule has 2 aromatic rings. The van der Waals surface area contributed by atoms with Gasteiger partial charge in [0.25, 0.3) is 0 Å². The standard InChI is InChI=1S/C23H25ClF2N2O2/c1-15(23(30)27-17-8-3-4-9-17)28(14-16-7-2-5-11-20(16)25)22(29)13-18-19(24)10-6-12-21(18)26/h2,5-7,10-12,15,17H,3-4,8-9,13-14H2,1H3,(H,27,30)/t15-/m1/s1. The lowest BCUT2D eigenvalue weighted by Gasteiger charge is -2.30. The fraction of sp³-hybridized carbons (Fsp3) is 0.391. The van der Waals surface area contributed by atoms with Gasteiger partial charge in [-0.15, -0.1) is 0 Å². The van der Waals surface area contributed by atoms with Crippen LogP contribution in [0.4, 0.5) is 8.78 Å². The van der Waals surface area contributed by atoms with Crippen LogP contribution in [0.5, 0.6) is 0 Å². The van der Waals surface area contributed by atoms with Crippen LogP contribution < -0.4 is 5.32 Å². The molecule has 30 heavy (non-hydrogen) atoms. The number of rotatable bonds is 7. The molecule has 1 N–H and O–H groups in total. The molecule has 2 amide bonds. The number of amides is 2. The number of hydrogen-bond acceptors (Lipinski definition) is 2. The SMILES string of the molecule is C[C@H](C(=O)NC1CCCC1)N(Cc1ccccc1F)C(=O)Cc1c(F)cccc1Cl. The first kappa shape index (κ1) is 22.2. The Morgan fingerprint density at radius 3 is 2.43 bits per heavy atom. The Morgan fingerprint density at radius 2 is 1.77 bits per heavy atom. The molecule has 1 saturated carbocycles. The van der Waals surface area contributed by atoms with Crippen LogP contribution in [-0.2, 0) is 22.6 Å². The van der Waals surface area contributed by atoms with E-state index in [4.69, 9.17) is 11.6 Å². The van der Waals surface area contributed by atoms with Crippen molar-refractivity contribution < 1.29 is 18.4 Å². The third-order valence-electron chi connectivity index (χ3n) is 5.56. The molecular weight excluding hydrogens is 410 g/mol. The van der Waals surface area contributed by atoms with E-state index in [1.165, 1.54) is 29.2 Å². The number of benzene rings is 2. The average Bonchev–Trinajstić information content (AvgIpc) is 3.22. The van der Waals surface area contributed by atoms with Crippen molar-refractivity contribution in [3.8, 4) is 0 Å². The van der Waals surface area contributed by atoms with Gasteiger partial charge in [-0.25, -0.2) is 8.78 Å². The van der Waals surface area contributed by atoms with Gasteiger partial charge in [0.2, 0.25) is 11.8 Å². The molecule has 2 aromatic carbocycles. The summed E-state index contributed by atoms with van der Waals surface area (Å²) < 4.78 is 28.4. The number of nitrogens with one attached hydrogen (secondary N) is 1. The molecule has 1 fully saturated rings. The third-order valence-corrected chi connectivity index (χ3v) is 5.91. The molecule has 0 heterocycles. The highest BCUT2D eigenvalue weighted by atomic mass is 35.5. The minimum absolute atomic E-state index is 0.0612. The quantitative estimate of drug-likeness (QED) is 0.690. The lowest BCUT2D eigenvalue weighted by Crippen LogP contribution is -2.50.